The van der Waals surface area contributed by atoms with Crippen molar-refractivity contribution in [3.8, 4) is 5.75 Å². The van der Waals surface area contributed by atoms with E-state index in [1.165, 1.54) is 10.4 Å². The average molecular weight is 665 g/mol. The Morgan fingerprint density at radius 1 is 0.708 bits per heavy atom. The number of hydrogen-bond acceptors (Lipinski definition) is 6. The lowest BCUT2D eigenvalue weighted by atomic mass is 10.1. The van der Waals surface area contributed by atoms with Gasteiger partial charge in [0.1, 0.15) is 18.0 Å². The van der Waals surface area contributed by atoms with Crippen LogP contribution in [-0.2, 0) is 36.6 Å². The number of carbonyl (C=O) groups excluding carboxylic acids is 1. The normalized spacial score (nSPS) is 21.0. The van der Waals surface area contributed by atoms with Crippen LogP contribution in [0.3, 0.4) is 0 Å². The van der Waals surface area contributed by atoms with Gasteiger partial charge in [-0.1, -0.05) is 136 Å². The molecule has 6 nitrogen and oxygen atoms in total. The summed E-state index contributed by atoms with van der Waals surface area (Å²) in [6.07, 6.45) is 4.00. The Morgan fingerprint density at radius 3 is 1.73 bits per heavy atom. The Hall–Kier alpha value is -3.85. The summed E-state index contributed by atoms with van der Waals surface area (Å²) in [4.78, 5) is 12.8. The van der Waals surface area contributed by atoms with Crippen LogP contribution in [-0.4, -0.2) is 52.7 Å². The van der Waals surface area contributed by atoms with Crippen LogP contribution in [0.4, 0.5) is 0 Å². The molecule has 0 aromatic heterocycles. The highest BCUT2D eigenvalue weighted by atomic mass is 28.4. The van der Waals surface area contributed by atoms with Crippen molar-refractivity contribution in [1.29, 1.82) is 0 Å². The lowest BCUT2D eigenvalue weighted by Crippen LogP contribution is -2.67. The fraction of sp³-hybridized carbons (Fsp3) is 0.341. The third-order valence-corrected chi connectivity index (χ3v) is 14.0. The molecule has 5 rings (SSSR count). The molecule has 0 N–H and O–H groups in total. The predicted molar refractivity (Wildman–Crippen MR) is 193 cm³/mol. The third kappa shape index (κ3) is 8.78. The summed E-state index contributed by atoms with van der Waals surface area (Å²) in [5, 5.41) is 2.14. The number of aldehydes is 1. The molecule has 252 valence electrons. The minimum atomic E-state index is -2.89. The van der Waals surface area contributed by atoms with E-state index in [0.717, 1.165) is 23.2 Å². The molecule has 0 unspecified atom stereocenters. The van der Waals surface area contributed by atoms with Crippen molar-refractivity contribution in [1.82, 2.24) is 0 Å². The lowest BCUT2D eigenvalue weighted by Gasteiger charge is -2.44. The zero-order valence-corrected chi connectivity index (χ0v) is 29.5. The largest absolute Gasteiger partial charge is 0.497 e. The summed E-state index contributed by atoms with van der Waals surface area (Å²) in [5.74, 6) is 0.781. The van der Waals surface area contributed by atoms with Crippen LogP contribution < -0.4 is 15.1 Å². The molecule has 0 amide bonds. The molecular weight excluding hydrogens is 617 g/mol. The standard InChI is InChI=1S/C41H48O6Si/c1-41(2,3)48(35-18-10-6-11-19-35,36-20-12-7-13-21-36)46-31-40-38(45-29-32-16-8-5-9-17-32)23-15-14-22-37(39(28-42)47-40)44-30-33-24-26-34(43-4)27-25-33/h5-21,24-28,37-40H,22-23,29-31H2,1-4H3/b15-14-/t37-,38-,39+,40+/m0/s1. The number of rotatable bonds is 13. The Balaban J connectivity index is 1.46. The summed E-state index contributed by atoms with van der Waals surface area (Å²) < 4.78 is 32.4. The quantitative estimate of drug-likeness (QED) is 0.0868. The molecule has 7 heteroatoms. The molecule has 48 heavy (non-hydrogen) atoms. The van der Waals surface area contributed by atoms with E-state index in [-0.39, 0.29) is 17.7 Å². The first-order chi connectivity index (χ1) is 23.3. The Kier molecular flexibility index (Phi) is 12.6. The van der Waals surface area contributed by atoms with Crippen LogP contribution in [0.1, 0.15) is 44.7 Å². The molecule has 0 fully saturated rings. The van der Waals surface area contributed by atoms with Crippen LogP contribution in [0, 0.1) is 0 Å². The van der Waals surface area contributed by atoms with Crippen LogP contribution in [0.5, 0.6) is 5.75 Å². The van der Waals surface area contributed by atoms with Gasteiger partial charge < -0.3 is 28.2 Å². The van der Waals surface area contributed by atoms with Crippen LogP contribution in [0.15, 0.2) is 127 Å². The van der Waals surface area contributed by atoms with Gasteiger partial charge in [-0.3, -0.25) is 0 Å². The van der Waals surface area contributed by atoms with Gasteiger partial charge in [0.05, 0.1) is 39.1 Å². The van der Waals surface area contributed by atoms with Crippen LogP contribution >= 0.6 is 0 Å². The number of hydrogen-bond donors (Lipinski definition) is 0. The van der Waals surface area contributed by atoms with E-state index in [9.17, 15) is 4.79 Å². The Morgan fingerprint density at radius 2 is 1.21 bits per heavy atom. The zero-order chi connectivity index (χ0) is 33.8. The molecule has 0 spiro atoms. The molecular formula is C41H48O6Si. The SMILES string of the molecule is COc1ccc(CO[C@H]2C/C=C\C[C@H](OCc3ccccc3)[C@@H](CO[Si](c3ccccc3)(c3ccccc3)C(C)(C)C)O[C@@H]2C=O)cc1. The van der Waals surface area contributed by atoms with Gasteiger partial charge in [0, 0.05) is 0 Å². The maximum absolute atomic E-state index is 12.8. The molecule has 0 aliphatic carbocycles. The molecule has 4 atom stereocenters. The second-order valence-corrected chi connectivity index (χ2v) is 17.5. The highest BCUT2D eigenvalue weighted by Gasteiger charge is 2.51. The number of benzene rings is 4. The van der Waals surface area contributed by atoms with Crippen LogP contribution in [0.2, 0.25) is 5.04 Å². The van der Waals surface area contributed by atoms with Gasteiger partial charge in [-0.2, -0.15) is 0 Å². The molecule has 4 aromatic carbocycles. The summed E-state index contributed by atoms with van der Waals surface area (Å²) in [6.45, 7) is 7.77. The van der Waals surface area contributed by atoms with Gasteiger partial charge in [0.15, 0.2) is 6.29 Å². The first-order valence-corrected chi connectivity index (χ1v) is 18.7. The van der Waals surface area contributed by atoms with Gasteiger partial charge in [-0.25, -0.2) is 0 Å². The van der Waals surface area contributed by atoms with Crippen LogP contribution in [0.25, 0.3) is 0 Å². The van der Waals surface area contributed by atoms with Crippen molar-refractivity contribution < 1.29 is 28.2 Å². The first kappa shape index (κ1) is 35.5. The first-order valence-electron chi connectivity index (χ1n) is 16.7. The van der Waals surface area contributed by atoms with E-state index in [2.05, 4.69) is 93.6 Å². The predicted octanol–water partition coefficient (Wildman–Crippen LogP) is 7.05. The number of carbonyl (C=O) groups is 1. The minimum Gasteiger partial charge on any atom is -0.497 e. The highest BCUT2D eigenvalue weighted by Crippen LogP contribution is 2.37. The van der Waals surface area contributed by atoms with Crippen molar-refractivity contribution in [3.63, 3.8) is 0 Å². The van der Waals surface area contributed by atoms with E-state index in [1.54, 1.807) is 7.11 Å². The maximum atomic E-state index is 12.8. The van der Waals surface area contributed by atoms with E-state index >= 15 is 0 Å². The Labute approximate surface area is 286 Å². The summed E-state index contributed by atoms with van der Waals surface area (Å²) >= 11 is 0. The number of ether oxygens (including phenoxy) is 4. The van der Waals surface area contributed by atoms with E-state index in [0.29, 0.717) is 26.1 Å². The summed E-state index contributed by atoms with van der Waals surface area (Å²) in [5.41, 5.74) is 2.06. The maximum Gasteiger partial charge on any atom is 0.261 e. The highest BCUT2D eigenvalue weighted by molar-refractivity contribution is 6.99. The zero-order valence-electron chi connectivity index (χ0n) is 28.5. The van der Waals surface area contributed by atoms with Gasteiger partial charge in [-0.05, 0) is 51.5 Å². The van der Waals surface area contributed by atoms with Crippen molar-refractivity contribution in [3.05, 3.63) is 139 Å². The monoisotopic (exact) mass is 664 g/mol. The van der Waals surface area contributed by atoms with Gasteiger partial charge in [0.2, 0.25) is 0 Å². The molecule has 0 radical (unpaired) electrons. The van der Waals surface area contributed by atoms with E-state index in [1.807, 2.05) is 54.6 Å². The molecule has 1 aliphatic heterocycles. The van der Waals surface area contributed by atoms with Gasteiger partial charge in [0.25, 0.3) is 8.32 Å². The molecule has 1 heterocycles. The van der Waals surface area contributed by atoms with E-state index < -0.39 is 26.6 Å². The summed E-state index contributed by atoms with van der Waals surface area (Å²) in [7, 11) is -1.25. The van der Waals surface area contributed by atoms with Crippen molar-refractivity contribution in [2.24, 2.45) is 0 Å². The second-order valence-electron chi connectivity index (χ2n) is 13.2. The minimum absolute atomic E-state index is 0.220. The number of methoxy groups -OCH3 is 1. The molecule has 0 saturated carbocycles. The van der Waals surface area contributed by atoms with E-state index in [4.69, 9.17) is 23.4 Å². The smallest absolute Gasteiger partial charge is 0.261 e. The van der Waals surface area contributed by atoms with Gasteiger partial charge >= 0.3 is 0 Å². The topological polar surface area (TPSA) is 63.2 Å². The third-order valence-electron chi connectivity index (χ3n) is 8.96. The fourth-order valence-corrected chi connectivity index (χ4v) is 11.0. The van der Waals surface area contributed by atoms with Crippen molar-refractivity contribution in [2.45, 2.75) is 76.3 Å². The molecule has 4 aromatic rings. The molecule has 0 bridgehead atoms. The summed E-state index contributed by atoms with van der Waals surface area (Å²) in [6, 6.07) is 39.0. The lowest BCUT2D eigenvalue weighted by molar-refractivity contribution is -0.161. The fourth-order valence-electron chi connectivity index (χ4n) is 6.40. The Bertz CT molecular complexity index is 1510. The van der Waals surface area contributed by atoms with Crippen molar-refractivity contribution in [2.75, 3.05) is 13.7 Å². The average Bonchev–Trinajstić information content (AvgIpc) is 3.20. The molecule has 0 saturated heterocycles. The van der Waals surface area contributed by atoms with Crippen molar-refractivity contribution >= 4 is 25.0 Å². The molecule has 1 aliphatic rings. The second kappa shape index (κ2) is 17.0. The van der Waals surface area contributed by atoms with Gasteiger partial charge in [-0.15, -0.1) is 0 Å².